The number of aliphatic hydroxyl groups is 2. The number of hydrogen-bond donors (Lipinski definition) is 9. The van der Waals surface area contributed by atoms with Gasteiger partial charge in [-0.3, -0.25) is 32.5 Å². The van der Waals surface area contributed by atoms with Crippen LogP contribution in [-0.4, -0.2) is 142 Å². The molecule has 24 nitrogen and oxygen atoms in total. The second kappa shape index (κ2) is 19.1. The Balaban J connectivity index is 0.00000936. The molecular formula is C23H38LiN7O17P3S. The van der Waals surface area contributed by atoms with Gasteiger partial charge < -0.3 is 50.9 Å². The number of rotatable bonds is 19. The van der Waals surface area contributed by atoms with Gasteiger partial charge in [-0.15, -0.1) is 0 Å². The molecule has 0 aliphatic carbocycles. The van der Waals surface area contributed by atoms with Crippen LogP contribution >= 0.6 is 35.2 Å². The van der Waals surface area contributed by atoms with Crippen molar-refractivity contribution in [3.8, 4) is 0 Å². The number of nitrogens with two attached hydrogens (primary N) is 1. The molecule has 52 heavy (non-hydrogen) atoms. The van der Waals surface area contributed by atoms with Gasteiger partial charge >= 0.3 is 23.5 Å². The van der Waals surface area contributed by atoms with Crippen LogP contribution in [0.4, 0.5) is 5.82 Å². The van der Waals surface area contributed by atoms with Crippen LogP contribution in [0.2, 0.25) is 0 Å². The number of carbonyl (C=O) groups excluding carboxylic acids is 3. The summed E-state index contributed by atoms with van der Waals surface area (Å²) in [6.45, 7) is 1.90. The molecule has 29 heteroatoms. The summed E-state index contributed by atoms with van der Waals surface area (Å²) >= 11 is 1.03. The number of carbonyl (C=O) groups is 3. The number of thioether (sulfide) groups is 1. The monoisotopic (exact) mass is 816 g/mol. The van der Waals surface area contributed by atoms with Crippen molar-refractivity contribution in [3.05, 3.63) is 12.7 Å². The number of anilines is 1. The van der Waals surface area contributed by atoms with E-state index in [4.69, 9.17) is 19.5 Å². The van der Waals surface area contributed by atoms with Gasteiger partial charge in [-0.2, -0.15) is 4.31 Å². The smallest absolute Gasteiger partial charge is 0.386 e. The van der Waals surface area contributed by atoms with E-state index >= 15 is 0 Å². The number of hydrogen-bond acceptors (Lipinski definition) is 18. The predicted molar refractivity (Wildman–Crippen MR) is 179 cm³/mol. The zero-order valence-corrected chi connectivity index (χ0v) is 31.6. The van der Waals surface area contributed by atoms with Gasteiger partial charge in [-0.1, -0.05) is 25.6 Å². The molecule has 1 aliphatic heterocycles. The maximum Gasteiger partial charge on any atom is 0.481 e. The Kier molecular flexibility index (Phi) is 17.1. The van der Waals surface area contributed by atoms with Crippen LogP contribution in [0.5, 0.6) is 0 Å². The Hall–Kier alpha value is -1.84. The summed E-state index contributed by atoms with van der Waals surface area (Å²) in [7, 11) is -16.4. The van der Waals surface area contributed by atoms with Crippen LogP contribution < -0.4 is 16.4 Å². The molecule has 0 spiro atoms. The van der Waals surface area contributed by atoms with Crippen molar-refractivity contribution in [2.45, 2.75) is 57.8 Å². The van der Waals surface area contributed by atoms with Crippen molar-refractivity contribution in [1.29, 1.82) is 0 Å². The van der Waals surface area contributed by atoms with Gasteiger partial charge in [-0.05, 0) is 0 Å². The van der Waals surface area contributed by atoms with Crippen molar-refractivity contribution in [2.24, 2.45) is 5.41 Å². The quantitative estimate of drug-likeness (QED) is 0.0433. The van der Waals surface area contributed by atoms with Crippen LogP contribution in [0.1, 0.15) is 33.4 Å². The number of aromatic nitrogens is 4. The first kappa shape index (κ1) is 46.3. The molecule has 289 valence electrons. The number of phosphoric ester groups is 3. The number of nitrogens with one attached hydrogen (secondary N) is 2. The number of ether oxygens (including phenoxy) is 1. The van der Waals surface area contributed by atoms with Gasteiger partial charge in [0.15, 0.2) is 22.8 Å². The molecule has 7 atom stereocenters. The molecule has 3 rings (SSSR count). The van der Waals surface area contributed by atoms with Crippen LogP contribution in [-0.2, 0) is 50.7 Å². The van der Waals surface area contributed by atoms with Crippen LogP contribution in [0.15, 0.2) is 12.7 Å². The number of fused-ring (bicyclic) bond motifs is 1. The molecule has 2 amide bonds. The minimum Gasteiger partial charge on any atom is -0.386 e. The van der Waals surface area contributed by atoms with Crippen molar-refractivity contribution < 1.29 is 80.5 Å². The minimum atomic E-state index is -5.56. The van der Waals surface area contributed by atoms with Crippen molar-refractivity contribution >= 4 is 88.0 Å². The third-order valence-electron chi connectivity index (χ3n) is 6.81. The molecule has 1 radical (unpaired) electrons. The summed E-state index contributed by atoms with van der Waals surface area (Å²) in [5, 5.41) is 26.1. The Bertz CT molecular complexity index is 1720. The molecule has 0 bridgehead atoms. The summed E-state index contributed by atoms with van der Waals surface area (Å²) in [6, 6.07) is 0. The molecule has 1 saturated heterocycles. The Morgan fingerprint density at radius 3 is 2.37 bits per heavy atom. The fourth-order valence-electron chi connectivity index (χ4n) is 4.32. The fraction of sp³-hybridized carbons (Fsp3) is 0.652. The van der Waals surface area contributed by atoms with E-state index in [0.29, 0.717) is 5.75 Å². The second-order valence-electron chi connectivity index (χ2n) is 11.4. The van der Waals surface area contributed by atoms with Crippen LogP contribution in [0.3, 0.4) is 0 Å². The van der Waals surface area contributed by atoms with Crippen molar-refractivity contribution in [2.75, 3.05) is 37.8 Å². The zero-order chi connectivity index (χ0) is 38.4. The fourth-order valence-corrected chi connectivity index (χ4v) is 7.65. The van der Waals surface area contributed by atoms with E-state index in [0.717, 1.165) is 29.0 Å². The third kappa shape index (κ3) is 13.8. The van der Waals surface area contributed by atoms with Crippen LogP contribution in [0, 0.1) is 5.41 Å². The number of nitrogen functional groups attached to an aromatic ring is 1. The maximum atomic E-state index is 12.6. The van der Waals surface area contributed by atoms with E-state index in [-0.39, 0.29) is 60.5 Å². The Labute approximate surface area is 311 Å². The van der Waals surface area contributed by atoms with Crippen molar-refractivity contribution in [1.82, 2.24) is 30.2 Å². The summed E-state index contributed by atoms with van der Waals surface area (Å²) in [6.07, 6.45) is -6.88. The topological polar surface area (TPSA) is 364 Å². The Morgan fingerprint density at radius 1 is 1.08 bits per heavy atom. The average Bonchev–Trinajstić information content (AvgIpc) is 3.57. The third-order valence-corrected chi connectivity index (χ3v) is 10.7. The van der Waals surface area contributed by atoms with E-state index in [1.807, 2.05) is 0 Å². The van der Waals surface area contributed by atoms with E-state index in [1.54, 1.807) is 0 Å². The van der Waals surface area contributed by atoms with E-state index in [1.165, 1.54) is 20.8 Å². The molecule has 3 heterocycles. The number of aliphatic hydroxyl groups excluding tert-OH is 2. The summed E-state index contributed by atoms with van der Waals surface area (Å²) < 4.78 is 61.8. The van der Waals surface area contributed by atoms with Gasteiger partial charge in [0.05, 0.1) is 19.5 Å². The molecule has 10 N–H and O–H groups in total. The van der Waals surface area contributed by atoms with Crippen molar-refractivity contribution in [3.63, 3.8) is 0 Å². The first-order chi connectivity index (χ1) is 23.5. The number of nitrogens with zero attached hydrogens (tertiary/aromatic N) is 4. The van der Waals surface area contributed by atoms with E-state index < -0.39 is 84.6 Å². The molecule has 2 unspecified atom stereocenters. The summed E-state index contributed by atoms with van der Waals surface area (Å²) in [5.74, 6) is -1.08. The van der Waals surface area contributed by atoms with Gasteiger partial charge in [-0.25, -0.2) is 28.6 Å². The summed E-state index contributed by atoms with van der Waals surface area (Å²) in [5.41, 5.74) is 4.26. The predicted octanol–water partition coefficient (Wildman–Crippen LogP) is -1.70. The van der Waals surface area contributed by atoms with Gasteiger partial charge in [0.1, 0.15) is 36.3 Å². The van der Waals surface area contributed by atoms with Gasteiger partial charge in [0.2, 0.25) is 11.8 Å². The Morgan fingerprint density at radius 2 is 1.73 bits per heavy atom. The molecular weight excluding hydrogens is 778 g/mol. The molecule has 1 fully saturated rings. The maximum absolute atomic E-state index is 12.6. The number of imidazole rings is 1. The number of phosphoric acid groups is 3. The van der Waals surface area contributed by atoms with Crippen LogP contribution in [0.25, 0.3) is 11.2 Å². The first-order valence-corrected chi connectivity index (χ1v) is 20.0. The van der Waals surface area contributed by atoms with E-state index in [2.05, 4.69) is 34.4 Å². The molecule has 0 saturated carbocycles. The largest absolute Gasteiger partial charge is 0.481 e. The standard InChI is InChI=1S/C23H38N7O17P3S.Li/c1-12(31)51-7-6-25-14(32)4-5-26-21(35)18(34)23(2,3)9-44-50(41,42)47-49(39,40)43-8-13-17(46-48(36,37)38)16(33)22(45-13)30-11-29-15-19(24)27-10-28-20(15)30;/h10-11,13,16-18,22,33-34H,4-9H2,1-3H3,(H,25,32)(H,26,35)(H,39,40)(H,41,42)(H2,24,27,28)(H2,36,37,38);/t13-,16-,17-,18+,22-;/m1./s1. The SMILES string of the molecule is CC(=O)SCCNC(=O)CCNC(=O)[C@H](O)C(C)(C)COP(=O)(O)OP(=O)(O)OC[C@H]1O[C@@H](n2cnc3c(N)ncnc32)[C@H](O)[C@@H]1OP(=O)(O)O.[Li]. The first-order valence-electron chi connectivity index (χ1n) is 14.5. The second-order valence-corrected chi connectivity index (χ2v) is 16.9. The number of amides is 2. The van der Waals surface area contributed by atoms with Gasteiger partial charge in [0.25, 0.3) is 0 Å². The minimum absolute atomic E-state index is 0. The normalized spacial score (nSPS) is 22.2. The molecule has 1 aliphatic rings. The molecule has 0 aromatic carbocycles. The molecule has 2 aromatic rings. The summed E-state index contributed by atoms with van der Waals surface area (Å²) in [4.78, 5) is 85.9. The average molecular weight is 817 g/mol. The molecule has 2 aromatic heterocycles. The van der Waals surface area contributed by atoms with Gasteiger partial charge in [0, 0.05) is 56.5 Å². The zero-order valence-electron chi connectivity index (χ0n) is 28.1. The van der Waals surface area contributed by atoms with E-state index in [9.17, 15) is 57.9 Å².